The van der Waals surface area contributed by atoms with E-state index in [1.54, 1.807) is 0 Å². The van der Waals surface area contributed by atoms with Crippen LogP contribution in [0.1, 0.15) is 45.4 Å². The van der Waals surface area contributed by atoms with E-state index in [-0.39, 0.29) is 31.2 Å². The summed E-state index contributed by atoms with van der Waals surface area (Å²) < 4.78 is 0. The molecule has 0 bridgehead atoms. The van der Waals surface area contributed by atoms with Crippen LogP contribution < -0.4 is 5.48 Å². The minimum absolute atomic E-state index is 0.0286. The number of hydroxylamine groups is 1. The van der Waals surface area contributed by atoms with Gasteiger partial charge in [0.15, 0.2) is 0 Å². The summed E-state index contributed by atoms with van der Waals surface area (Å²) in [6, 6.07) is 0. The number of hydrogen-bond acceptors (Lipinski definition) is 5. The molecule has 120 valence electrons. The number of aliphatic carboxylic acids is 1. The molecule has 0 amide bonds. The Labute approximate surface area is 124 Å². The third-order valence-electron chi connectivity index (χ3n) is 4.62. The van der Waals surface area contributed by atoms with E-state index in [1.807, 2.05) is 6.92 Å². The molecule has 0 aromatic carbocycles. The molecule has 0 aromatic rings. The summed E-state index contributed by atoms with van der Waals surface area (Å²) in [6.45, 7) is 2.09. The zero-order chi connectivity index (χ0) is 15.4. The standard InChI is InChI=1S/C15H25NO5/c1-2-9(17)3-4-10-11-7-13(12(11)8-14(10)18)16-21-6-5-15(19)20/h9-11,14,16-18H,2-8H2,1H3,(H,19,20). The van der Waals surface area contributed by atoms with Crippen molar-refractivity contribution in [3.63, 3.8) is 0 Å². The Bertz CT molecular complexity index is 409. The second-order valence-electron chi connectivity index (χ2n) is 5.98. The Hall–Kier alpha value is -1.11. The molecular formula is C15H25NO5. The first-order valence-corrected chi connectivity index (χ1v) is 7.70. The summed E-state index contributed by atoms with van der Waals surface area (Å²) in [5.41, 5.74) is 5.01. The van der Waals surface area contributed by atoms with Crippen LogP contribution in [-0.2, 0) is 9.63 Å². The van der Waals surface area contributed by atoms with E-state index in [0.717, 1.165) is 31.4 Å². The average molecular weight is 299 g/mol. The van der Waals surface area contributed by atoms with Crippen molar-refractivity contribution in [2.75, 3.05) is 6.61 Å². The number of allylic oxidation sites excluding steroid dienone is 1. The number of aliphatic hydroxyl groups is 2. The van der Waals surface area contributed by atoms with Gasteiger partial charge in [0, 0.05) is 5.70 Å². The number of fused-ring (bicyclic) bond motifs is 1. The van der Waals surface area contributed by atoms with E-state index in [9.17, 15) is 15.0 Å². The van der Waals surface area contributed by atoms with Crippen LogP contribution >= 0.6 is 0 Å². The molecule has 1 saturated carbocycles. The monoisotopic (exact) mass is 299 g/mol. The smallest absolute Gasteiger partial charge is 0.305 e. The van der Waals surface area contributed by atoms with Gasteiger partial charge in [-0.05, 0) is 49.5 Å². The maximum atomic E-state index is 10.4. The zero-order valence-electron chi connectivity index (χ0n) is 12.4. The fourth-order valence-corrected chi connectivity index (χ4v) is 3.26. The lowest BCUT2D eigenvalue weighted by Gasteiger charge is -2.32. The first-order chi connectivity index (χ1) is 10.0. The Morgan fingerprint density at radius 3 is 2.90 bits per heavy atom. The molecule has 1 fully saturated rings. The highest BCUT2D eigenvalue weighted by Crippen LogP contribution is 2.50. The van der Waals surface area contributed by atoms with Gasteiger partial charge in [0.2, 0.25) is 0 Å². The van der Waals surface area contributed by atoms with Crippen molar-refractivity contribution < 1.29 is 25.0 Å². The number of carboxylic acid groups (broad SMARTS) is 1. The number of nitrogens with one attached hydrogen (secondary N) is 1. The second kappa shape index (κ2) is 7.24. The van der Waals surface area contributed by atoms with Crippen LogP contribution in [0.15, 0.2) is 11.3 Å². The van der Waals surface area contributed by atoms with Crippen LogP contribution in [0.4, 0.5) is 0 Å². The first-order valence-electron chi connectivity index (χ1n) is 7.70. The molecule has 0 spiro atoms. The Morgan fingerprint density at radius 1 is 1.48 bits per heavy atom. The van der Waals surface area contributed by atoms with Gasteiger partial charge in [0.05, 0.1) is 25.2 Å². The number of hydrogen-bond donors (Lipinski definition) is 4. The van der Waals surface area contributed by atoms with Crippen molar-refractivity contribution >= 4 is 5.97 Å². The highest BCUT2D eigenvalue weighted by Gasteiger charge is 2.45. The van der Waals surface area contributed by atoms with E-state index in [0.29, 0.717) is 12.3 Å². The molecule has 2 rings (SSSR count). The van der Waals surface area contributed by atoms with Crippen LogP contribution in [-0.4, -0.2) is 40.1 Å². The molecule has 21 heavy (non-hydrogen) atoms. The van der Waals surface area contributed by atoms with E-state index in [4.69, 9.17) is 9.94 Å². The Morgan fingerprint density at radius 2 is 2.24 bits per heavy atom. The second-order valence-corrected chi connectivity index (χ2v) is 5.98. The molecule has 4 atom stereocenters. The summed E-state index contributed by atoms with van der Waals surface area (Å²) in [5.74, 6) is -0.271. The molecule has 0 aliphatic heterocycles. The molecule has 2 aliphatic carbocycles. The third kappa shape index (κ3) is 3.96. The summed E-state index contributed by atoms with van der Waals surface area (Å²) in [7, 11) is 0. The van der Waals surface area contributed by atoms with Crippen molar-refractivity contribution in [3.05, 3.63) is 11.3 Å². The maximum absolute atomic E-state index is 10.4. The molecule has 0 aromatic heterocycles. The number of rotatable bonds is 9. The van der Waals surface area contributed by atoms with Gasteiger partial charge in [-0.3, -0.25) is 15.1 Å². The number of carboxylic acids is 1. The fraction of sp³-hybridized carbons (Fsp3) is 0.800. The lowest BCUT2D eigenvalue weighted by Crippen LogP contribution is -2.31. The lowest BCUT2D eigenvalue weighted by molar-refractivity contribution is -0.138. The van der Waals surface area contributed by atoms with Crippen LogP contribution in [0.5, 0.6) is 0 Å². The van der Waals surface area contributed by atoms with Crippen molar-refractivity contribution in [1.29, 1.82) is 0 Å². The highest BCUT2D eigenvalue weighted by atomic mass is 16.6. The van der Waals surface area contributed by atoms with Crippen molar-refractivity contribution in [2.24, 2.45) is 11.8 Å². The minimum atomic E-state index is -0.883. The summed E-state index contributed by atoms with van der Waals surface area (Å²) in [4.78, 5) is 15.5. The quantitative estimate of drug-likeness (QED) is 0.377. The molecule has 6 heteroatoms. The zero-order valence-corrected chi connectivity index (χ0v) is 12.4. The predicted molar refractivity (Wildman–Crippen MR) is 76.1 cm³/mol. The minimum Gasteiger partial charge on any atom is -0.481 e. The van der Waals surface area contributed by atoms with E-state index >= 15 is 0 Å². The van der Waals surface area contributed by atoms with Crippen molar-refractivity contribution in [2.45, 2.75) is 57.7 Å². The number of aliphatic hydroxyl groups excluding tert-OH is 2. The Kier molecular flexibility index (Phi) is 5.61. The van der Waals surface area contributed by atoms with Gasteiger partial charge in [0.1, 0.15) is 0 Å². The average Bonchev–Trinajstić information content (AvgIpc) is 2.68. The molecular weight excluding hydrogens is 274 g/mol. The van der Waals surface area contributed by atoms with E-state index < -0.39 is 5.97 Å². The summed E-state index contributed by atoms with van der Waals surface area (Å²) in [5, 5.41) is 28.3. The van der Waals surface area contributed by atoms with Gasteiger partial charge < -0.3 is 15.3 Å². The van der Waals surface area contributed by atoms with E-state index in [1.165, 1.54) is 5.57 Å². The van der Waals surface area contributed by atoms with Gasteiger partial charge in [-0.2, -0.15) is 0 Å². The highest BCUT2D eigenvalue weighted by molar-refractivity contribution is 5.66. The molecule has 6 nitrogen and oxygen atoms in total. The molecule has 4 N–H and O–H groups in total. The maximum Gasteiger partial charge on any atom is 0.305 e. The molecule has 0 saturated heterocycles. The van der Waals surface area contributed by atoms with Gasteiger partial charge in [-0.15, -0.1) is 0 Å². The van der Waals surface area contributed by atoms with Crippen LogP contribution in [0.3, 0.4) is 0 Å². The van der Waals surface area contributed by atoms with Crippen LogP contribution in [0.2, 0.25) is 0 Å². The van der Waals surface area contributed by atoms with Crippen LogP contribution in [0, 0.1) is 11.8 Å². The molecule has 0 radical (unpaired) electrons. The number of carbonyl (C=O) groups is 1. The largest absolute Gasteiger partial charge is 0.481 e. The SMILES string of the molecule is CCC(O)CCC1C(O)CC2=C(NOCCC(=O)O)CC21. The Balaban J connectivity index is 1.78. The first kappa shape index (κ1) is 16.3. The lowest BCUT2D eigenvalue weighted by atomic mass is 9.77. The van der Waals surface area contributed by atoms with Gasteiger partial charge in [-0.1, -0.05) is 6.92 Å². The summed E-state index contributed by atoms with van der Waals surface area (Å²) in [6.07, 6.45) is 3.18. The van der Waals surface area contributed by atoms with E-state index in [2.05, 4.69) is 5.48 Å². The molecule has 2 aliphatic rings. The van der Waals surface area contributed by atoms with Crippen molar-refractivity contribution in [1.82, 2.24) is 5.48 Å². The van der Waals surface area contributed by atoms with Gasteiger partial charge >= 0.3 is 5.97 Å². The van der Waals surface area contributed by atoms with Gasteiger partial charge in [0.25, 0.3) is 0 Å². The van der Waals surface area contributed by atoms with Gasteiger partial charge in [-0.25, -0.2) is 0 Å². The van der Waals surface area contributed by atoms with Crippen molar-refractivity contribution in [3.8, 4) is 0 Å². The predicted octanol–water partition coefficient (Wildman–Crippen LogP) is 1.19. The fourth-order valence-electron chi connectivity index (χ4n) is 3.26. The topological polar surface area (TPSA) is 99.0 Å². The molecule has 4 unspecified atom stereocenters. The molecule has 0 heterocycles. The normalized spacial score (nSPS) is 29.0. The third-order valence-corrected chi connectivity index (χ3v) is 4.62. The summed E-state index contributed by atoms with van der Waals surface area (Å²) >= 11 is 0. The van der Waals surface area contributed by atoms with Crippen LogP contribution in [0.25, 0.3) is 0 Å².